The fraction of sp³-hybridized carbons (Fsp3) is 0.233. The number of carbonyl (C=O) groups excluding carboxylic acids is 1. The number of para-hydroxylation sites is 1. The van der Waals surface area contributed by atoms with E-state index in [1.54, 1.807) is 36.9 Å². The second-order valence-corrected chi connectivity index (χ2v) is 9.92. The first-order valence-corrected chi connectivity index (χ1v) is 14.1. The standard InChI is InChI=1S/C26H24F2N6O3.2C2HF3O2/c27-26(28)36-22-7-6-19(15-23(22)37-26)33-25(35)20-4-1-2-5-21(20)32-16-18-8-10-31-24(14-18)30-9-3-12-34-13-11-29-17-34;2*3-2(4,5)1(6)7/h1-2,4-8,10-11,13-15,17,32H,3,9,12,16H2,(H,30,31)(H,33,35);2*(H,6,7). The number of alkyl halides is 8. The third-order valence-corrected chi connectivity index (χ3v) is 6.08. The number of amides is 1. The summed E-state index contributed by atoms with van der Waals surface area (Å²) in [5.74, 6) is -5.37. The van der Waals surface area contributed by atoms with Crippen molar-refractivity contribution in [3.05, 3.63) is 90.6 Å². The topological polar surface area (TPSA) is 177 Å². The van der Waals surface area contributed by atoms with Crippen LogP contribution in [0.25, 0.3) is 0 Å². The Morgan fingerprint density at radius 1 is 0.843 bits per heavy atom. The predicted octanol–water partition coefficient (Wildman–Crippen LogP) is 6.23. The van der Waals surface area contributed by atoms with Crippen molar-refractivity contribution < 1.29 is 69.2 Å². The average Bonchev–Trinajstić information content (AvgIpc) is 3.68. The van der Waals surface area contributed by atoms with Gasteiger partial charge in [-0.25, -0.2) is 19.6 Å². The smallest absolute Gasteiger partial charge is 0.475 e. The molecule has 4 aromatic rings. The fourth-order valence-corrected chi connectivity index (χ4v) is 3.84. The number of aryl methyl sites for hydroxylation is 1. The summed E-state index contributed by atoms with van der Waals surface area (Å²) in [7, 11) is 0. The molecule has 0 bridgehead atoms. The highest BCUT2D eigenvalue weighted by atomic mass is 19.4. The number of aromatic nitrogens is 3. The summed E-state index contributed by atoms with van der Waals surface area (Å²) in [6, 6.07) is 15.0. The number of anilines is 3. The fourth-order valence-electron chi connectivity index (χ4n) is 3.84. The van der Waals surface area contributed by atoms with Crippen molar-refractivity contribution in [3.8, 4) is 11.5 Å². The molecule has 0 aliphatic carbocycles. The van der Waals surface area contributed by atoms with Gasteiger partial charge in [0, 0.05) is 55.7 Å². The number of hydrogen-bond donors (Lipinski definition) is 5. The van der Waals surface area contributed by atoms with Crippen molar-refractivity contribution in [2.75, 3.05) is 22.5 Å². The molecule has 1 aliphatic heterocycles. The van der Waals surface area contributed by atoms with E-state index in [1.165, 1.54) is 18.2 Å². The Morgan fingerprint density at radius 3 is 2.12 bits per heavy atom. The molecule has 0 unspecified atom stereocenters. The highest BCUT2D eigenvalue weighted by Crippen LogP contribution is 2.42. The van der Waals surface area contributed by atoms with Crippen molar-refractivity contribution in [1.29, 1.82) is 0 Å². The Bertz CT molecular complexity index is 1760. The third-order valence-electron chi connectivity index (χ3n) is 6.08. The zero-order chi connectivity index (χ0) is 37.8. The second kappa shape index (κ2) is 17.0. The minimum absolute atomic E-state index is 0.0884. The summed E-state index contributed by atoms with van der Waals surface area (Å²) in [6.45, 7) is 2.10. The molecule has 3 heterocycles. The molecular weight excluding hydrogens is 708 g/mol. The van der Waals surface area contributed by atoms with Crippen LogP contribution in [0.1, 0.15) is 22.3 Å². The first-order valence-electron chi connectivity index (χ1n) is 14.1. The van der Waals surface area contributed by atoms with Gasteiger partial charge in [-0.2, -0.15) is 26.3 Å². The zero-order valence-electron chi connectivity index (χ0n) is 25.6. The lowest BCUT2D eigenvalue weighted by molar-refractivity contribution is -0.286. The van der Waals surface area contributed by atoms with Crippen molar-refractivity contribution in [2.24, 2.45) is 0 Å². The number of fused-ring (bicyclic) bond motifs is 1. The summed E-state index contributed by atoms with van der Waals surface area (Å²) in [5.41, 5.74) is 2.31. The molecule has 274 valence electrons. The molecule has 2 aromatic heterocycles. The van der Waals surface area contributed by atoms with Gasteiger partial charge in [-0.15, -0.1) is 8.78 Å². The van der Waals surface area contributed by atoms with Crippen LogP contribution in [0.5, 0.6) is 11.5 Å². The van der Waals surface area contributed by atoms with Gasteiger partial charge in [0.25, 0.3) is 5.91 Å². The first-order chi connectivity index (χ1) is 23.8. The highest BCUT2D eigenvalue weighted by molar-refractivity contribution is 6.08. The molecular formula is C30H26F8N6O7. The number of carbonyl (C=O) groups is 3. The van der Waals surface area contributed by atoms with Crippen LogP contribution < -0.4 is 25.4 Å². The molecule has 13 nitrogen and oxygen atoms in total. The van der Waals surface area contributed by atoms with Crippen LogP contribution in [-0.2, 0) is 22.7 Å². The maximum absolute atomic E-state index is 13.3. The van der Waals surface area contributed by atoms with Crippen LogP contribution in [-0.4, -0.2) is 67.8 Å². The molecule has 51 heavy (non-hydrogen) atoms. The number of nitrogens with zero attached hydrogens (tertiary/aromatic N) is 3. The normalized spacial score (nSPS) is 12.7. The Labute approximate surface area is 281 Å². The minimum Gasteiger partial charge on any atom is -0.475 e. The van der Waals surface area contributed by atoms with E-state index in [0.717, 1.165) is 30.9 Å². The van der Waals surface area contributed by atoms with Crippen molar-refractivity contribution in [3.63, 3.8) is 0 Å². The number of ether oxygens (including phenoxy) is 2. The van der Waals surface area contributed by atoms with Crippen LogP contribution in [0.4, 0.5) is 52.3 Å². The monoisotopic (exact) mass is 734 g/mol. The van der Waals surface area contributed by atoms with Crippen molar-refractivity contribution >= 4 is 35.0 Å². The number of benzene rings is 2. The predicted molar refractivity (Wildman–Crippen MR) is 161 cm³/mol. The number of aliphatic carboxylic acids is 2. The number of rotatable bonds is 10. The zero-order valence-corrected chi connectivity index (χ0v) is 25.6. The van der Waals surface area contributed by atoms with E-state index in [-0.39, 0.29) is 11.5 Å². The Morgan fingerprint density at radius 2 is 1.49 bits per heavy atom. The molecule has 1 aliphatic rings. The summed E-state index contributed by atoms with van der Waals surface area (Å²) < 4.78 is 101. The van der Waals surface area contributed by atoms with Gasteiger partial charge in [-0.1, -0.05) is 12.1 Å². The van der Waals surface area contributed by atoms with Gasteiger partial charge >= 0.3 is 30.6 Å². The largest absolute Gasteiger partial charge is 0.586 e. The first kappa shape index (κ1) is 39.3. The number of imidazole rings is 1. The number of nitrogens with one attached hydrogen (secondary N) is 3. The molecule has 0 fully saturated rings. The molecule has 0 saturated heterocycles. The van der Waals surface area contributed by atoms with E-state index in [1.807, 2.05) is 29.0 Å². The van der Waals surface area contributed by atoms with Crippen LogP contribution >= 0.6 is 0 Å². The van der Waals surface area contributed by atoms with E-state index >= 15 is 0 Å². The van der Waals surface area contributed by atoms with E-state index in [0.29, 0.717) is 23.5 Å². The molecule has 2 aromatic carbocycles. The van der Waals surface area contributed by atoms with Crippen molar-refractivity contribution in [1.82, 2.24) is 14.5 Å². The van der Waals surface area contributed by atoms with Crippen LogP contribution in [0, 0.1) is 0 Å². The second-order valence-electron chi connectivity index (χ2n) is 9.92. The van der Waals surface area contributed by atoms with E-state index in [2.05, 4.69) is 35.4 Å². The number of hydrogen-bond acceptors (Lipinski definition) is 9. The van der Waals surface area contributed by atoms with E-state index < -0.39 is 36.5 Å². The Balaban J connectivity index is 0.000000424. The SMILES string of the molecule is O=C(Nc1ccc2c(c1)OC(F)(F)O2)c1ccccc1NCc1ccnc(NCCCn2ccnc2)c1.O=C(O)C(F)(F)F.O=C(O)C(F)(F)F. The lowest BCUT2D eigenvalue weighted by atomic mass is 10.1. The molecule has 5 rings (SSSR count). The Kier molecular flexibility index (Phi) is 13.1. The molecule has 1 amide bonds. The van der Waals surface area contributed by atoms with Crippen LogP contribution in [0.15, 0.2) is 79.5 Å². The van der Waals surface area contributed by atoms with Gasteiger partial charge in [0.05, 0.1) is 11.9 Å². The molecule has 0 radical (unpaired) electrons. The maximum Gasteiger partial charge on any atom is 0.586 e. The van der Waals surface area contributed by atoms with E-state index in [4.69, 9.17) is 19.8 Å². The average molecular weight is 735 g/mol. The maximum atomic E-state index is 13.3. The van der Waals surface area contributed by atoms with Gasteiger partial charge in [0.1, 0.15) is 5.82 Å². The van der Waals surface area contributed by atoms with Crippen LogP contribution in [0.3, 0.4) is 0 Å². The minimum atomic E-state index is -5.08. The van der Waals surface area contributed by atoms with Gasteiger partial charge < -0.3 is 40.2 Å². The van der Waals surface area contributed by atoms with Gasteiger partial charge in [0.15, 0.2) is 11.5 Å². The van der Waals surface area contributed by atoms with E-state index in [9.17, 15) is 39.9 Å². The summed E-state index contributed by atoms with van der Waals surface area (Å²) in [4.78, 5) is 39.2. The Hall–Kier alpha value is -6.15. The number of carboxylic acids is 2. The highest BCUT2D eigenvalue weighted by Gasteiger charge is 2.43. The molecule has 0 atom stereocenters. The molecule has 0 saturated carbocycles. The van der Waals surface area contributed by atoms with Crippen molar-refractivity contribution in [2.45, 2.75) is 38.2 Å². The molecule has 0 spiro atoms. The summed E-state index contributed by atoms with van der Waals surface area (Å²) in [6.07, 6.45) is -5.75. The van der Waals surface area contributed by atoms with Crippen LogP contribution in [0.2, 0.25) is 0 Å². The molecule has 21 heteroatoms. The number of carboxylic acid groups (broad SMARTS) is 2. The lowest BCUT2D eigenvalue weighted by Gasteiger charge is -2.13. The third kappa shape index (κ3) is 13.0. The van der Waals surface area contributed by atoms with Gasteiger partial charge in [-0.3, -0.25) is 4.79 Å². The lowest BCUT2D eigenvalue weighted by Crippen LogP contribution is -2.25. The summed E-state index contributed by atoms with van der Waals surface area (Å²) in [5, 5.41) is 23.6. The number of pyridine rings is 1. The van der Waals surface area contributed by atoms with Gasteiger partial charge in [-0.05, 0) is 48.4 Å². The molecule has 5 N–H and O–H groups in total. The number of halogens is 8. The quantitative estimate of drug-likeness (QED) is 0.0922. The summed E-state index contributed by atoms with van der Waals surface area (Å²) >= 11 is 0. The van der Waals surface area contributed by atoms with Gasteiger partial charge in [0.2, 0.25) is 0 Å².